The first kappa shape index (κ1) is 24.8. The first-order valence-corrected chi connectivity index (χ1v) is 13.2. The molecule has 0 aromatic heterocycles. The number of hydrogen-bond donors (Lipinski definition) is 1. The maximum Gasteiger partial charge on any atom is 0.313 e. The van der Waals surface area contributed by atoms with Gasteiger partial charge < -0.3 is 9.80 Å². The second kappa shape index (κ2) is 10.3. The van der Waals surface area contributed by atoms with Gasteiger partial charge in [-0.05, 0) is 54.7 Å². The van der Waals surface area contributed by atoms with Crippen LogP contribution in [0.15, 0.2) is 48.5 Å². The number of nitrogens with zero attached hydrogens (tertiary/aromatic N) is 3. The smallest absolute Gasteiger partial charge is 0.313 e. The number of alkyl halides is 1. The fourth-order valence-corrected chi connectivity index (χ4v) is 6.50. The van der Waals surface area contributed by atoms with Crippen LogP contribution in [0.3, 0.4) is 0 Å². The summed E-state index contributed by atoms with van der Waals surface area (Å²) in [7, 11) is 1.70. The number of carbonyl (C=O) groups excluding carboxylic acids is 2. The van der Waals surface area contributed by atoms with Crippen LogP contribution in [0, 0.1) is 0 Å². The fourth-order valence-electron chi connectivity index (χ4n) is 5.83. The molecular weight excluding hydrogens is 507 g/mol. The minimum absolute atomic E-state index is 0.00395. The van der Waals surface area contributed by atoms with E-state index in [1.54, 1.807) is 16.8 Å². The van der Waals surface area contributed by atoms with Crippen molar-refractivity contribution in [2.45, 2.75) is 48.9 Å². The van der Waals surface area contributed by atoms with Crippen molar-refractivity contribution in [3.8, 4) is 0 Å². The van der Waals surface area contributed by atoms with E-state index in [9.17, 15) is 9.59 Å². The van der Waals surface area contributed by atoms with Crippen LogP contribution in [0.4, 0.5) is 0 Å². The lowest BCUT2D eigenvalue weighted by molar-refractivity contribution is -0.167. The Kier molecular flexibility index (Phi) is 7.29. The molecule has 2 amide bonds. The van der Waals surface area contributed by atoms with Crippen LogP contribution in [-0.2, 0) is 9.59 Å². The van der Waals surface area contributed by atoms with E-state index >= 15 is 0 Å². The zero-order chi connectivity index (χ0) is 24.7. The van der Waals surface area contributed by atoms with Gasteiger partial charge in [-0.1, -0.05) is 47.5 Å². The van der Waals surface area contributed by atoms with Crippen molar-refractivity contribution in [1.29, 1.82) is 0 Å². The number of nitrogens with one attached hydrogen (secondary N) is 1. The Bertz CT molecular complexity index is 1060. The number of rotatable bonds is 4. The SMILES string of the molecule is CN1C(=O)C(=O)N(C2CCN(C(c3cccc(Cl)c3)c3cccc(Cl)c3)CC2)C2NCC(Cl)CC21. The highest BCUT2D eigenvalue weighted by molar-refractivity contribution is 6.35. The van der Waals surface area contributed by atoms with Gasteiger partial charge >= 0.3 is 11.8 Å². The number of piperazine rings is 1. The summed E-state index contributed by atoms with van der Waals surface area (Å²) < 4.78 is 0. The summed E-state index contributed by atoms with van der Waals surface area (Å²) in [6, 6.07) is 15.7. The number of likely N-dealkylation sites (tertiary alicyclic amines) is 1. The summed E-state index contributed by atoms with van der Waals surface area (Å²) in [6.45, 7) is 2.17. The highest BCUT2D eigenvalue weighted by Crippen LogP contribution is 2.36. The van der Waals surface area contributed by atoms with Crippen molar-refractivity contribution in [3.05, 3.63) is 69.7 Å². The van der Waals surface area contributed by atoms with Gasteiger partial charge in [0, 0.05) is 48.1 Å². The molecule has 1 N–H and O–H groups in total. The Balaban J connectivity index is 1.38. The van der Waals surface area contributed by atoms with Gasteiger partial charge in [-0.15, -0.1) is 11.6 Å². The molecule has 0 saturated carbocycles. The Morgan fingerprint density at radius 3 is 2.11 bits per heavy atom. The molecule has 35 heavy (non-hydrogen) atoms. The van der Waals surface area contributed by atoms with E-state index in [-0.39, 0.29) is 29.7 Å². The molecule has 2 aromatic carbocycles. The van der Waals surface area contributed by atoms with Crippen LogP contribution in [0.2, 0.25) is 10.0 Å². The molecule has 186 valence electrons. The second-order valence-electron chi connectivity index (χ2n) is 9.66. The minimum Gasteiger partial charge on any atom is -0.331 e. The maximum absolute atomic E-state index is 13.1. The molecule has 3 fully saturated rings. The van der Waals surface area contributed by atoms with E-state index in [0.29, 0.717) is 23.0 Å². The number of halogens is 3. The van der Waals surface area contributed by atoms with Crippen LogP contribution in [0.1, 0.15) is 36.4 Å². The average Bonchev–Trinajstić information content (AvgIpc) is 2.84. The standard InChI is InChI=1S/C26H29Cl3N4O2/c1-31-22-14-20(29)15-30-24(22)33(26(35)25(31)34)21-8-10-32(11-9-21)23(16-4-2-6-18(27)12-16)17-5-3-7-19(28)13-17/h2-7,12-13,20-24,30H,8-11,14-15H2,1H3. The van der Waals surface area contributed by atoms with E-state index in [2.05, 4.69) is 22.3 Å². The molecule has 3 aliphatic rings. The number of hydrogen-bond acceptors (Lipinski definition) is 4. The Morgan fingerprint density at radius 1 is 0.943 bits per heavy atom. The summed E-state index contributed by atoms with van der Waals surface area (Å²) in [5.41, 5.74) is 2.21. The molecule has 3 aliphatic heterocycles. The summed E-state index contributed by atoms with van der Waals surface area (Å²) in [5.74, 6) is -0.870. The topological polar surface area (TPSA) is 55.9 Å². The molecule has 3 saturated heterocycles. The van der Waals surface area contributed by atoms with Crippen LogP contribution in [0.25, 0.3) is 0 Å². The molecule has 0 spiro atoms. The van der Waals surface area contributed by atoms with Gasteiger partial charge in [-0.25, -0.2) is 0 Å². The highest BCUT2D eigenvalue weighted by atomic mass is 35.5. The summed E-state index contributed by atoms with van der Waals surface area (Å²) in [5, 5.41) is 4.76. The van der Waals surface area contributed by atoms with E-state index in [0.717, 1.165) is 37.1 Å². The molecule has 0 aliphatic carbocycles. The highest BCUT2D eigenvalue weighted by Gasteiger charge is 2.49. The molecule has 6 nitrogen and oxygen atoms in total. The predicted octanol–water partition coefficient (Wildman–Crippen LogP) is 4.14. The lowest BCUT2D eigenvalue weighted by Gasteiger charge is -2.52. The van der Waals surface area contributed by atoms with Gasteiger partial charge in [0.1, 0.15) is 6.17 Å². The third kappa shape index (κ3) is 4.92. The van der Waals surface area contributed by atoms with Crippen molar-refractivity contribution >= 4 is 46.6 Å². The molecule has 9 heteroatoms. The zero-order valence-corrected chi connectivity index (χ0v) is 21.8. The van der Waals surface area contributed by atoms with E-state index in [4.69, 9.17) is 34.8 Å². The molecule has 3 atom stereocenters. The number of amides is 2. The second-order valence-corrected chi connectivity index (χ2v) is 11.2. The maximum atomic E-state index is 13.1. The predicted molar refractivity (Wildman–Crippen MR) is 139 cm³/mol. The number of carbonyl (C=O) groups is 2. The molecule has 0 bridgehead atoms. The van der Waals surface area contributed by atoms with Gasteiger partial charge in [0.25, 0.3) is 0 Å². The largest absolute Gasteiger partial charge is 0.331 e. The Morgan fingerprint density at radius 2 is 1.54 bits per heavy atom. The van der Waals surface area contributed by atoms with Gasteiger partial charge in [0.15, 0.2) is 0 Å². The minimum atomic E-state index is -0.447. The molecule has 2 aromatic rings. The van der Waals surface area contributed by atoms with Crippen molar-refractivity contribution in [2.75, 3.05) is 26.7 Å². The summed E-state index contributed by atoms with van der Waals surface area (Å²) in [4.78, 5) is 31.7. The fraction of sp³-hybridized carbons (Fsp3) is 0.462. The van der Waals surface area contributed by atoms with Gasteiger partial charge in [0.2, 0.25) is 0 Å². The average molecular weight is 536 g/mol. The van der Waals surface area contributed by atoms with Crippen LogP contribution in [0.5, 0.6) is 0 Å². The van der Waals surface area contributed by atoms with Crippen molar-refractivity contribution in [3.63, 3.8) is 0 Å². The van der Waals surface area contributed by atoms with E-state index in [1.165, 1.54) is 0 Å². The van der Waals surface area contributed by atoms with Gasteiger partial charge in [-0.3, -0.25) is 19.8 Å². The molecule has 3 unspecified atom stereocenters. The monoisotopic (exact) mass is 534 g/mol. The third-order valence-corrected chi connectivity index (χ3v) is 8.33. The van der Waals surface area contributed by atoms with E-state index < -0.39 is 11.8 Å². The van der Waals surface area contributed by atoms with Crippen molar-refractivity contribution < 1.29 is 9.59 Å². The number of benzene rings is 2. The first-order valence-electron chi connectivity index (χ1n) is 12.1. The van der Waals surface area contributed by atoms with Gasteiger partial charge in [0.05, 0.1) is 12.1 Å². The number of likely N-dealkylation sites (N-methyl/N-ethyl adjacent to an activating group) is 1. The third-order valence-electron chi connectivity index (χ3n) is 7.53. The number of piperidine rings is 2. The number of fused-ring (bicyclic) bond motifs is 1. The molecular formula is C26H29Cl3N4O2. The van der Waals surface area contributed by atoms with Gasteiger partial charge in [-0.2, -0.15) is 0 Å². The summed E-state index contributed by atoms with van der Waals surface area (Å²) in [6.07, 6.45) is 2.02. The van der Waals surface area contributed by atoms with Crippen LogP contribution < -0.4 is 5.32 Å². The lowest BCUT2D eigenvalue weighted by atomic mass is 9.91. The van der Waals surface area contributed by atoms with Crippen LogP contribution in [-0.4, -0.2) is 76.8 Å². The molecule has 3 heterocycles. The molecule has 0 radical (unpaired) electrons. The quantitative estimate of drug-likeness (QED) is 0.472. The van der Waals surface area contributed by atoms with Crippen molar-refractivity contribution in [2.24, 2.45) is 0 Å². The Hall–Kier alpha value is -1.83. The summed E-state index contributed by atoms with van der Waals surface area (Å²) >= 11 is 19.1. The Labute approximate surface area is 221 Å². The first-order chi connectivity index (χ1) is 16.8. The lowest BCUT2D eigenvalue weighted by Crippen LogP contribution is -2.73. The molecule has 5 rings (SSSR count). The van der Waals surface area contributed by atoms with Crippen molar-refractivity contribution in [1.82, 2.24) is 20.0 Å². The normalized spacial score (nSPS) is 26.4. The van der Waals surface area contributed by atoms with Crippen LogP contribution >= 0.6 is 34.8 Å². The van der Waals surface area contributed by atoms with E-state index in [1.807, 2.05) is 36.4 Å². The zero-order valence-electron chi connectivity index (χ0n) is 19.5.